The highest BCUT2D eigenvalue weighted by molar-refractivity contribution is 7.92. The molecule has 0 saturated heterocycles. The molecule has 0 aliphatic heterocycles. The lowest BCUT2D eigenvalue weighted by Gasteiger charge is -2.28. The van der Waals surface area contributed by atoms with Crippen LogP contribution < -0.4 is 14.9 Å². The van der Waals surface area contributed by atoms with Gasteiger partial charge in [0.15, 0.2) is 0 Å². The van der Waals surface area contributed by atoms with Crippen LogP contribution in [0.25, 0.3) is 0 Å². The Kier molecular flexibility index (Phi) is 7.70. The largest absolute Gasteiger partial charge is 0.352 e. The van der Waals surface area contributed by atoms with Gasteiger partial charge in [0.2, 0.25) is 15.9 Å². The zero-order chi connectivity index (χ0) is 23.2. The van der Waals surface area contributed by atoms with Gasteiger partial charge in [-0.1, -0.05) is 25.1 Å². The fourth-order valence-corrected chi connectivity index (χ4v) is 4.08. The maximum atomic E-state index is 12.9. The van der Waals surface area contributed by atoms with Crippen LogP contribution in [-0.2, 0) is 14.8 Å². The summed E-state index contributed by atoms with van der Waals surface area (Å²) < 4.78 is 25.6. The molecule has 0 aromatic heterocycles. The molecule has 0 spiro atoms. The third-order valence-corrected chi connectivity index (χ3v) is 5.59. The van der Waals surface area contributed by atoms with E-state index in [1.165, 1.54) is 31.2 Å². The van der Waals surface area contributed by atoms with Crippen LogP contribution in [0.5, 0.6) is 0 Å². The number of nitrogens with one attached hydrogen (secondary N) is 2. The number of nitrogens with zero attached hydrogens (tertiary/aromatic N) is 2. The number of carbonyl (C=O) groups excluding carboxylic acids is 2. The number of sulfonamides is 1. The molecule has 2 N–H and O–H groups in total. The van der Waals surface area contributed by atoms with E-state index in [9.17, 15) is 28.1 Å². The number of hydrogen-bond acceptors (Lipinski definition) is 6. The molecule has 0 heterocycles. The van der Waals surface area contributed by atoms with Gasteiger partial charge in [-0.3, -0.25) is 24.0 Å². The van der Waals surface area contributed by atoms with Crippen molar-refractivity contribution in [1.29, 1.82) is 0 Å². The molecule has 31 heavy (non-hydrogen) atoms. The topological polar surface area (TPSA) is 139 Å². The van der Waals surface area contributed by atoms with Crippen LogP contribution >= 0.6 is 0 Å². The van der Waals surface area contributed by atoms with Crippen molar-refractivity contribution in [2.24, 2.45) is 0 Å². The summed E-state index contributed by atoms with van der Waals surface area (Å²) in [5.41, 5.74) is 0.128. The summed E-state index contributed by atoms with van der Waals surface area (Å²) in [6.45, 7) is 3.73. The van der Waals surface area contributed by atoms with Gasteiger partial charge in [0.1, 0.15) is 6.04 Å². The standard InChI is InChI=1S/C20H24N4O6S/c1-4-12-21-20(26)17-10-5-6-11-18(17)22-19(25)14(2)23(31(3,29)30)15-8-7-9-16(13-15)24(27)28/h5-11,13-14H,4,12H2,1-3H3,(H,21,26)(H,22,25)/t14-/m0/s1. The first-order valence-electron chi connectivity index (χ1n) is 9.48. The Morgan fingerprint density at radius 1 is 1.16 bits per heavy atom. The predicted molar refractivity (Wildman–Crippen MR) is 118 cm³/mol. The monoisotopic (exact) mass is 448 g/mol. The Bertz CT molecular complexity index is 1090. The Labute approximate surface area is 180 Å². The molecule has 2 amide bonds. The van der Waals surface area contributed by atoms with Crippen molar-refractivity contribution in [1.82, 2.24) is 5.32 Å². The second kappa shape index (κ2) is 10.0. The summed E-state index contributed by atoms with van der Waals surface area (Å²) in [4.78, 5) is 35.7. The molecule has 2 rings (SSSR count). The van der Waals surface area contributed by atoms with E-state index in [4.69, 9.17) is 0 Å². The van der Waals surface area contributed by atoms with Crippen molar-refractivity contribution >= 4 is 38.9 Å². The van der Waals surface area contributed by atoms with Crippen LogP contribution in [0.3, 0.4) is 0 Å². The number of non-ortho nitro benzene ring substituents is 1. The molecule has 0 bridgehead atoms. The summed E-state index contributed by atoms with van der Waals surface area (Å²) in [6.07, 6.45) is 1.64. The van der Waals surface area contributed by atoms with Gasteiger partial charge in [-0.05, 0) is 31.5 Å². The maximum Gasteiger partial charge on any atom is 0.271 e. The van der Waals surface area contributed by atoms with Crippen molar-refractivity contribution in [3.63, 3.8) is 0 Å². The molecule has 0 fully saturated rings. The number of amides is 2. The van der Waals surface area contributed by atoms with E-state index >= 15 is 0 Å². The van der Waals surface area contributed by atoms with Crippen LogP contribution in [0.15, 0.2) is 48.5 Å². The Balaban J connectivity index is 2.35. The summed E-state index contributed by atoms with van der Waals surface area (Å²) in [5.74, 6) is -1.07. The number of rotatable bonds is 9. The van der Waals surface area contributed by atoms with Gasteiger partial charge < -0.3 is 10.6 Å². The quantitative estimate of drug-likeness (QED) is 0.446. The van der Waals surface area contributed by atoms with Crippen molar-refractivity contribution in [3.8, 4) is 0 Å². The number of para-hydroxylation sites is 1. The number of anilines is 2. The summed E-state index contributed by atoms with van der Waals surface area (Å²) in [5, 5.41) is 16.4. The van der Waals surface area contributed by atoms with Gasteiger partial charge in [-0.25, -0.2) is 8.42 Å². The van der Waals surface area contributed by atoms with Gasteiger partial charge in [-0.2, -0.15) is 0 Å². The van der Waals surface area contributed by atoms with E-state index in [1.54, 1.807) is 18.2 Å². The molecule has 0 aliphatic rings. The molecule has 0 saturated carbocycles. The average Bonchev–Trinajstić information content (AvgIpc) is 2.71. The van der Waals surface area contributed by atoms with Gasteiger partial charge in [0, 0.05) is 18.7 Å². The highest BCUT2D eigenvalue weighted by Crippen LogP contribution is 2.26. The van der Waals surface area contributed by atoms with E-state index in [0.717, 1.165) is 23.0 Å². The highest BCUT2D eigenvalue weighted by Gasteiger charge is 2.30. The minimum atomic E-state index is -3.96. The molecule has 11 heteroatoms. The van der Waals surface area contributed by atoms with Gasteiger partial charge in [0.05, 0.1) is 28.1 Å². The third-order valence-electron chi connectivity index (χ3n) is 4.35. The van der Waals surface area contributed by atoms with Gasteiger partial charge >= 0.3 is 0 Å². The minimum absolute atomic E-state index is 0.0201. The number of carbonyl (C=O) groups is 2. The molecule has 1 atom stereocenters. The summed E-state index contributed by atoms with van der Waals surface area (Å²) in [6, 6.07) is 10.1. The molecule has 0 aliphatic carbocycles. The fraction of sp³-hybridized carbons (Fsp3) is 0.300. The zero-order valence-electron chi connectivity index (χ0n) is 17.4. The number of nitro groups is 1. The van der Waals surface area contributed by atoms with Crippen LogP contribution in [0.2, 0.25) is 0 Å². The maximum absolute atomic E-state index is 12.9. The lowest BCUT2D eigenvalue weighted by Crippen LogP contribution is -2.45. The molecule has 166 valence electrons. The first-order chi connectivity index (χ1) is 14.6. The van der Waals surface area contributed by atoms with Crippen molar-refractivity contribution in [2.45, 2.75) is 26.3 Å². The number of hydrogen-bond donors (Lipinski definition) is 2. The summed E-state index contributed by atoms with van der Waals surface area (Å²) >= 11 is 0. The zero-order valence-corrected chi connectivity index (χ0v) is 18.2. The fourth-order valence-electron chi connectivity index (χ4n) is 2.91. The molecular weight excluding hydrogens is 424 g/mol. The first kappa shape index (κ1) is 23.8. The average molecular weight is 449 g/mol. The molecule has 2 aromatic carbocycles. The first-order valence-corrected chi connectivity index (χ1v) is 11.3. The lowest BCUT2D eigenvalue weighted by atomic mass is 10.1. The second-order valence-electron chi connectivity index (χ2n) is 6.80. The molecule has 0 radical (unpaired) electrons. The van der Waals surface area contributed by atoms with Crippen LogP contribution in [0, 0.1) is 10.1 Å². The van der Waals surface area contributed by atoms with Crippen LogP contribution in [-0.4, -0.2) is 44.0 Å². The van der Waals surface area contributed by atoms with E-state index in [0.29, 0.717) is 6.54 Å². The van der Waals surface area contributed by atoms with Gasteiger partial charge in [0.25, 0.3) is 11.6 Å². The van der Waals surface area contributed by atoms with E-state index < -0.39 is 26.9 Å². The Hall–Kier alpha value is -3.47. The Morgan fingerprint density at radius 3 is 2.45 bits per heavy atom. The van der Waals surface area contributed by atoms with Crippen molar-refractivity contribution in [3.05, 3.63) is 64.2 Å². The SMILES string of the molecule is CCCNC(=O)c1ccccc1NC(=O)[C@H](C)N(c1cccc([N+](=O)[O-])c1)S(C)(=O)=O. The summed E-state index contributed by atoms with van der Waals surface area (Å²) in [7, 11) is -3.96. The molecule has 0 unspecified atom stereocenters. The predicted octanol–water partition coefficient (Wildman–Crippen LogP) is 2.53. The lowest BCUT2D eigenvalue weighted by molar-refractivity contribution is -0.384. The van der Waals surface area contributed by atoms with E-state index in [1.807, 2.05) is 6.92 Å². The Morgan fingerprint density at radius 2 is 1.84 bits per heavy atom. The van der Waals surface area contributed by atoms with Crippen molar-refractivity contribution < 1.29 is 22.9 Å². The number of benzene rings is 2. The van der Waals surface area contributed by atoms with Crippen molar-refractivity contribution in [2.75, 3.05) is 22.4 Å². The molecule has 10 nitrogen and oxygen atoms in total. The van der Waals surface area contributed by atoms with E-state index in [-0.39, 0.29) is 28.5 Å². The highest BCUT2D eigenvalue weighted by atomic mass is 32.2. The number of nitro benzene ring substituents is 1. The smallest absolute Gasteiger partial charge is 0.271 e. The second-order valence-corrected chi connectivity index (χ2v) is 8.66. The van der Waals surface area contributed by atoms with Crippen LogP contribution in [0.4, 0.5) is 17.1 Å². The third kappa shape index (κ3) is 6.01. The van der Waals surface area contributed by atoms with Gasteiger partial charge in [-0.15, -0.1) is 0 Å². The molecule has 2 aromatic rings. The molecular formula is C20H24N4O6S. The van der Waals surface area contributed by atoms with E-state index in [2.05, 4.69) is 10.6 Å². The minimum Gasteiger partial charge on any atom is -0.352 e. The van der Waals surface area contributed by atoms with Crippen LogP contribution in [0.1, 0.15) is 30.6 Å². The normalized spacial score (nSPS) is 12.0.